The van der Waals surface area contributed by atoms with E-state index in [1.54, 1.807) is 13.3 Å². The van der Waals surface area contributed by atoms with Crippen molar-refractivity contribution in [1.82, 2.24) is 4.98 Å². The Morgan fingerprint density at radius 3 is 2.87 bits per heavy atom. The van der Waals surface area contributed by atoms with Gasteiger partial charge in [-0.15, -0.1) is 0 Å². The van der Waals surface area contributed by atoms with E-state index in [2.05, 4.69) is 17.2 Å². The number of nitrogens with one attached hydrogen (secondary N) is 1. The smallest absolute Gasteiger partial charge is 0.132 e. The Hall–Kier alpha value is -0.800. The molecule has 3 nitrogen and oxygen atoms in total. The molecule has 0 saturated carbocycles. The number of methoxy groups -OCH3 is 1. The summed E-state index contributed by atoms with van der Waals surface area (Å²) in [7, 11) is 1.70. The minimum absolute atomic E-state index is 0.317. The summed E-state index contributed by atoms with van der Waals surface area (Å²) in [6.45, 7) is 4.75. The lowest BCUT2D eigenvalue weighted by Gasteiger charge is -2.17. The summed E-state index contributed by atoms with van der Waals surface area (Å²) < 4.78 is 5.11. The van der Waals surface area contributed by atoms with Gasteiger partial charge in [0.05, 0.1) is 18.5 Å². The van der Waals surface area contributed by atoms with Gasteiger partial charge in [0.1, 0.15) is 5.15 Å². The molecule has 1 unspecified atom stereocenters. The third kappa shape index (κ3) is 3.68. The topological polar surface area (TPSA) is 34.1 Å². The Bertz CT molecular complexity index is 317. The molecule has 15 heavy (non-hydrogen) atoms. The monoisotopic (exact) mass is 228 g/mol. The first-order valence-corrected chi connectivity index (χ1v) is 5.42. The molecule has 1 aromatic heterocycles. The van der Waals surface area contributed by atoms with E-state index in [1.165, 1.54) is 0 Å². The Balaban J connectivity index is 2.66. The summed E-state index contributed by atoms with van der Waals surface area (Å²) in [6.07, 6.45) is 2.75. The number of aryl methyl sites for hydroxylation is 1. The number of rotatable bonds is 5. The molecule has 1 rings (SSSR count). The number of pyridine rings is 1. The highest BCUT2D eigenvalue weighted by Crippen LogP contribution is 2.17. The maximum absolute atomic E-state index is 5.85. The summed E-state index contributed by atoms with van der Waals surface area (Å²) in [5, 5.41) is 3.91. The minimum atomic E-state index is 0.317. The van der Waals surface area contributed by atoms with Gasteiger partial charge in [-0.2, -0.15) is 0 Å². The maximum atomic E-state index is 5.85. The van der Waals surface area contributed by atoms with Gasteiger partial charge in [0.2, 0.25) is 0 Å². The van der Waals surface area contributed by atoms with Gasteiger partial charge in [-0.1, -0.05) is 18.5 Å². The Morgan fingerprint density at radius 1 is 1.60 bits per heavy atom. The SMILES string of the molecule is CCC(COC)Nc1cnc(Cl)c(C)c1. The van der Waals surface area contributed by atoms with Crippen molar-refractivity contribution in [3.8, 4) is 0 Å². The largest absolute Gasteiger partial charge is 0.383 e. The maximum Gasteiger partial charge on any atom is 0.132 e. The van der Waals surface area contributed by atoms with Crippen LogP contribution in [0.3, 0.4) is 0 Å². The molecule has 0 aliphatic heterocycles. The lowest BCUT2D eigenvalue weighted by molar-refractivity contribution is 0.184. The molecule has 0 amide bonds. The number of ether oxygens (including phenoxy) is 1. The number of hydrogen-bond acceptors (Lipinski definition) is 3. The van der Waals surface area contributed by atoms with Crippen LogP contribution in [0.5, 0.6) is 0 Å². The minimum Gasteiger partial charge on any atom is -0.383 e. The van der Waals surface area contributed by atoms with Crippen molar-refractivity contribution >= 4 is 17.3 Å². The molecule has 0 radical (unpaired) electrons. The molecule has 0 saturated heterocycles. The van der Waals surface area contributed by atoms with Crippen LogP contribution in [0.15, 0.2) is 12.3 Å². The van der Waals surface area contributed by atoms with E-state index in [-0.39, 0.29) is 0 Å². The number of halogens is 1. The van der Waals surface area contributed by atoms with Gasteiger partial charge in [0, 0.05) is 13.2 Å². The third-order valence-corrected chi connectivity index (χ3v) is 2.64. The van der Waals surface area contributed by atoms with Crippen LogP contribution in [-0.2, 0) is 4.74 Å². The molecule has 0 aliphatic rings. The Labute approximate surface area is 95.8 Å². The predicted molar refractivity (Wildman–Crippen MR) is 63.6 cm³/mol. The van der Waals surface area contributed by atoms with Gasteiger partial charge in [0.15, 0.2) is 0 Å². The Kier molecular flexibility index (Phi) is 4.85. The molecule has 1 N–H and O–H groups in total. The summed E-state index contributed by atoms with van der Waals surface area (Å²) in [5.41, 5.74) is 1.97. The van der Waals surface area contributed by atoms with E-state index in [0.717, 1.165) is 17.7 Å². The van der Waals surface area contributed by atoms with Gasteiger partial charge in [-0.05, 0) is 25.0 Å². The summed E-state index contributed by atoms with van der Waals surface area (Å²) >= 11 is 5.85. The zero-order valence-electron chi connectivity index (χ0n) is 9.38. The molecule has 1 aromatic rings. The molecule has 0 aliphatic carbocycles. The highest BCUT2D eigenvalue weighted by Gasteiger charge is 2.06. The molecule has 1 heterocycles. The van der Waals surface area contributed by atoms with Crippen LogP contribution < -0.4 is 5.32 Å². The van der Waals surface area contributed by atoms with Gasteiger partial charge in [-0.25, -0.2) is 4.98 Å². The first-order chi connectivity index (χ1) is 7.17. The van der Waals surface area contributed by atoms with E-state index in [1.807, 2.05) is 13.0 Å². The van der Waals surface area contributed by atoms with E-state index >= 15 is 0 Å². The lowest BCUT2D eigenvalue weighted by atomic mass is 10.2. The van der Waals surface area contributed by atoms with Crippen LogP contribution in [0, 0.1) is 6.92 Å². The van der Waals surface area contributed by atoms with E-state index in [4.69, 9.17) is 16.3 Å². The highest BCUT2D eigenvalue weighted by molar-refractivity contribution is 6.30. The summed E-state index contributed by atoms with van der Waals surface area (Å²) in [6, 6.07) is 2.31. The Morgan fingerprint density at radius 2 is 2.33 bits per heavy atom. The van der Waals surface area contributed by atoms with Crippen LogP contribution in [0.4, 0.5) is 5.69 Å². The average molecular weight is 229 g/mol. The fourth-order valence-electron chi connectivity index (χ4n) is 1.34. The van der Waals surface area contributed by atoms with Crippen molar-refractivity contribution < 1.29 is 4.74 Å². The molecule has 0 bridgehead atoms. The second kappa shape index (κ2) is 5.93. The van der Waals surface area contributed by atoms with E-state index in [0.29, 0.717) is 17.8 Å². The number of nitrogens with zero attached hydrogens (tertiary/aromatic N) is 1. The van der Waals surface area contributed by atoms with Crippen LogP contribution in [0.2, 0.25) is 5.15 Å². The van der Waals surface area contributed by atoms with Crippen molar-refractivity contribution in [2.75, 3.05) is 19.0 Å². The second-order valence-electron chi connectivity index (χ2n) is 3.54. The van der Waals surface area contributed by atoms with Crippen LogP contribution in [0.25, 0.3) is 0 Å². The first-order valence-electron chi connectivity index (χ1n) is 5.05. The second-order valence-corrected chi connectivity index (χ2v) is 3.89. The zero-order chi connectivity index (χ0) is 11.3. The highest BCUT2D eigenvalue weighted by atomic mass is 35.5. The number of aromatic nitrogens is 1. The van der Waals surface area contributed by atoms with Gasteiger partial charge in [0.25, 0.3) is 0 Å². The quantitative estimate of drug-likeness (QED) is 0.787. The molecule has 0 fully saturated rings. The standard InChI is InChI=1S/C11H17ClN2O/c1-4-9(7-15-3)14-10-5-8(2)11(12)13-6-10/h5-6,9,14H,4,7H2,1-3H3. The van der Waals surface area contributed by atoms with E-state index < -0.39 is 0 Å². The van der Waals surface area contributed by atoms with Crippen molar-refractivity contribution in [3.05, 3.63) is 23.0 Å². The van der Waals surface area contributed by atoms with Crippen molar-refractivity contribution in [3.63, 3.8) is 0 Å². The molecular weight excluding hydrogens is 212 g/mol. The molecule has 84 valence electrons. The summed E-state index contributed by atoms with van der Waals surface area (Å²) in [5.74, 6) is 0. The predicted octanol–water partition coefficient (Wildman–Crippen LogP) is 2.88. The van der Waals surface area contributed by atoms with Crippen molar-refractivity contribution in [1.29, 1.82) is 0 Å². The van der Waals surface area contributed by atoms with Crippen molar-refractivity contribution in [2.45, 2.75) is 26.3 Å². The number of hydrogen-bond donors (Lipinski definition) is 1. The van der Waals surface area contributed by atoms with E-state index in [9.17, 15) is 0 Å². The van der Waals surface area contributed by atoms with Gasteiger partial charge in [-0.3, -0.25) is 0 Å². The summed E-state index contributed by atoms with van der Waals surface area (Å²) in [4.78, 5) is 4.09. The fourth-order valence-corrected chi connectivity index (χ4v) is 1.44. The molecule has 4 heteroatoms. The number of anilines is 1. The lowest BCUT2D eigenvalue weighted by Crippen LogP contribution is -2.23. The third-order valence-electron chi connectivity index (χ3n) is 2.25. The normalized spacial score (nSPS) is 12.5. The van der Waals surface area contributed by atoms with Gasteiger partial charge < -0.3 is 10.1 Å². The van der Waals surface area contributed by atoms with Crippen LogP contribution in [-0.4, -0.2) is 24.7 Å². The first kappa shape index (κ1) is 12.3. The van der Waals surface area contributed by atoms with Crippen LogP contribution in [0.1, 0.15) is 18.9 Å². The molecule has 0 aromatic carbocycles. The van der Waals surface area contributed by atoms with Crippen molar-refractivity contribution in [2.24, 2.45) is 0 Å². The van der Waals surface area contributed by atoms with Gasteiger partial charge >= 0.3 is 0 Å². The zero-order valence-corrected chi connectivity index (χ0v) is 10.1. The molecule has 1 atom stereocenters. The average Bonchev–Trinajstić information content (AvgIpc) is 2.23. The fraction of sp³-hybridized carbons (Fsp3) is 0.545. The molecular formula is C11H17ClN2O. The molecule has 0 spiro atoms. The van der Waals surface area contributed by atoms with Crippen LogP contribution >= 0.6 is 11.6 Å².